The van der Waals surface area contributed by atoms with Crippen LogP contribution >= 0.6 is 11.3 Å². The standard InChI is InChI=1S/C23H28N4O3S/c1-15-13-18(30-12-11-27-9-3-4-10-27)26-23-19(15)20(24)21(31-23)22(28)25-14-16-5-7-17(29-2)8-6-16/h5-8,13H,3-4,9-12,14,24H2,1-2H3,(H,25,28). The molecule has 0 radical (unpaired) electrons. The third-order valence-corrected chi connectivity index (χ3v) is 6.65. The van der Waals surface area contributed by atoms with Crippen LogP contribution in [0.2, 0.25) is 0 Å². The number of ether oxygens (including phenoxy) is 2. The van der Waals surface area contributed by atoms with Gasteiger partial charge >= 0.3 is 0 Å². The molecule has 8 heteroatoms. The Morgan fingerprint density at radius 3 is 2.71 bits per heavy atom. The lowest BCUT2D eigenvalue weighted by Crippen LogP contribution is -2.25. The van der Waals surface area contributed by atoms with Gasteiger partial charge < -0.3 is 20.5 Å². The number of rotatable bonds is 8. The van der Waals surface area contributed by atoms with Crippen molar-refractivity contribution in [3.63, 3.8) is 0 Å². The molecule has 4 rings (SSSR count). The van der Waals surface area contributed by atoms with E-state index in [-0.39, 0.29) is 5.91 Å². The number of nitrogens with zero attached hydrogens (tertiary/aromatic N) is 2. The number of carbonyl (C=O) groups excluding carboxylic acids is 1. The summed E-state index contributed by atoms with van der Waals surface area (Å²) in [5, 5.41) is 3.77. The van der Waals surface area contributed by atoms with E-state index in [1.165, 1.54) is 24.2 Å². The number of nitrogens with two attached hydrogens (primary N) is 1. The average molecular weight is 441 g/mol. The molecule has 0 bridgehead atoms. The van der Waals surface area contributed by atoms with Gasteiger partial charge in [0.1, 0.15) is 22.1 Å². The number of nitrogen functional groups attached to an aromatic ring is 1. The molecule has 2 aromatic heterocycles. The van der Waals surface area contributed by atoms with E-state index < -0.39 is 0 Å². The van der Waals surface area contributed by atoms with Crippen molar-refractivity contribution in [1.82, 2.24) is 15.2 Å². The molecule has 1 aliphatic heterocycles. The highest BCUT2D eigenvalue weighted by Crippen LogP contribution is 2.36. The fraction of sp³-hybridized carbons (Fsp3) is 0.391. The van der Waals surface area contributed by atoms with Crippen molar-refractivity contribution >= 4 is 33.1 Å². The predicted octanol–water partition coefficient (Wildman–Crippen LogP) is 3.60. The van der Waals surface area contributed by atoms with Crippen LogP contribution in [-0.2, 0) is 6.54 Å². The number of aromatic nitrogens is 1. The summed E-state index contributed by atoms with van der Waals surface area (Å²) in [5.74, 6) is 1.16. The SMILES string of the molecule is COc1ccc(CNC(=O)c2sc3nc(OCCN4CCCC4)cc(C)c3c2N)cc1. The molecule has 0 spiro atoms. The zero-order chi connectivity index (χ0) is 21.8. The lowest BCUT2D eigenvalue weighted by Gasteiger charge is -2.14. The summed E-state index contributed by atoms with van der Waals surface area (Å²) in [6.45, 7) is 6.18. The van der Waals surface area contributed by atoms with Gasteiger partial charge in [0.2, 0.25) is 5.88 Å². The van der Waals surface area contributed by atoms with Gasteiger partial charge in [0.05, 0.1) is 12.8 Å². The van der Waals surface area contributed by atoms with E-state index in [1.807, 2.05) is 37.3 Å². The molecule has 0 atom stereocenters. The minimum atomic E-state index is -0.202. The molecule has 1 fully saturated rings. The Labute approximate surface area is 186 Å². The van der Waals surface area contributed by atoms with Crippen LogP contribution in [0.1, 0.15) is 33.6 Å². The summed E-state index contributed by atoms with van der Waals surface area (Å²) in [5.41, 5.74) is 8.74. The van der Waals surface area contributed by atoms with Crippen LogP contribution in [0.25, 0.3) is 10.2 Å². The normalized spacial score (nSPS) is 14.1. The molecular formula is C23H28N4O3S. The molecule has 0 aliphatic carbocycles. The quantitative estimate of drug-likeness (QED) is 0.556. The molecule has 3 N–H and O–H groups in total. The van der Waals surface area contributed by atoms with E-state index in [9.17, 15) is 4.79 Å². The first-order valence-electron chi connectivity index (χ1n) is 10.5. The van der Waals surface area contributed by atoms with Gasteiger partial charge in [-0.2, -0.15) is 0 Å². The Balaban J connectivity index is 1.44. The number of aryl methyl sites for hydroxylation is 1. The summed E-state index contributed by atoms with van der Waals surface area (Å²) < 4.78 is 11.1. The van der Waals surface area contributed by atoms with Gasteiger partial charge in [-0.3, -0.25) is 9.69 Å². The van der Waals surface area contributed by atoms with Crippen LogP contribution in [0.15, 0.2) is 30.3 Å². The van der Waals surface area contributed by atoms with Gasteiger partial charge in [-0.1, -0.05) is 12.1 Å². The number of amides is 1. The van der Waals surface area contributed by atoms with Gasteiger partial charge in [0, 0.05) is 24.5 Å². The second-order valence-corrected chi connectivity index (χ2v) is 8.73. The molecule has 3 heterocycles. The maximum Gasteiger partial charge on any atom is 0.263 e. The molecule has 3 aromatic rings. The predicted molar refractivity (Wildman–Crippen MR) is 124 cm³/mol. The smallest absolute Gasteiger partial charge is 0.263 e. The second-order valence-electron chi connectivity index (χ2n) is 7.73. The number of hydrogen-bond acceptors (Lipinski definition) is 7. The van der Waals surface area contributed by atoms with E-state index in [2.05, 4.69) is 15.2 Å². The number of benzene rings is 1. The fourth-order valence-electron chi connectivity index (χ4n) is 3.82. The van der Waals surface area contributed by atoms with Gasteiger partial charge in [-0.25, -0.2) is 4.98 Å². The Bertz CT molecular complexity index is 1060. The largest absolute Gasteiger partial charge is 0.497 e. The van der Waals surface area contributed by atoms with Crippen molar-refractivity contribution in [1.29, 1.82) is 0 Å². The number of methoxy groups -OCH3 is 1. The number of likely N-dealkylation sites (tertiary alicyclic amines) is 1. The van der Waals surface area contributed by atoms with Crippen LogP contribution in [0.3, 0.4) is 0 Å². The monoisotopic (exact) mass is 440 g/mol. The molecule has 0 saturated carbocycles. The molecule has 1 saturated heterocycles. The molecule has 164 valence electrons. The first kappa shape index (κ1) is 21.4. The fourth-order valence-corrected chi connectivity index (χ4v) is 4.89. The Hall–Kier alpha value is -2.84. The molecule has 7 nitrogen and oxygen atoms in total. The molecule has 1 aromatic carbocycles. The molecule has 1 amide bonds. The van der Waals surface area contributed by atoms with E-state index in [0.29, 0.717) is 29.6 Å². The van der Waals surface area contributed by atoms with Gasteiger partial charge in [0.15, 0.2) is 0 Å². The molecule has 1 aliphatic rings. The van der Waals surface area contributed by atoms with Crippen LogP contribution < -0.4 is 20.5 Å². The summed E-state index contributed by atoms with van der Waals surface area (Å²) in [4.78, 5) is 21.0. The van der Waals surface area contributed by atoms with Crippen molar-refractivity contribution < 1.29 is 14.3 Å². The van der Waals surface area contributed by atoms with Crippen molar-refractivity contribution in [2.45, 2.75) is 26.3 Å². The van der Waals surface area contributed by atoms with E-state index >= 15 is 0 Å². The van der Waals surface area contributed by atoms with Crippen molar-refractivity contribution in [2.24, 2.45) is 0 Å². The topological polar surface area (TPSA) is 89.7 Å². The Morgan fingerprint density at radius 2 is 2.00 bits per heavy atom. The van der Waals surface area contributed by atoms with Gasteiger partial charge in [0.25, 0.3) is 5.91 Å². The molecule has 31 heavy (non-hydrogen) atoms. The number of thiophene rings is 1. The number of carbonyl (C=O) groups is 1. The highest BCUT2D eigenvalue weighted by Gasteiger charge is 2.20. The zero-order valence-electron chi connectivity index (χ0n) is 17.9. The lowest BCUT2D eigenvalue weighted by molar-refractivity contribution is 0.0956. The number of anilines is 1. The number of pyridine rings is 1. The van der Waals surface area contributed by atoms with E-state index in [4.69, 9.17) is 15.2 Å². The van der Waals surface area contributed by atoms with Crippen molar-refractivity contribution in [3.8, 4) is 11.6 Å². The summed E-state index contributed by atoms with van der Waals surface area (Å²) in [6, 6.07) is 9.48. The molecular weight excluding hydrogens is 412 g/mol. The lowest BCUT2D eigenvalue weighted by atomic mass is 10.1. The Morgan fingerprint density at radius 1 is 1.26 bits per heavy atom. The Kier molecular flexibility index (Phi) is 6.58. The van der Waals surface area contributed by atoms with Gasteiger partial charge in [-0.15, -0.1) is 11.3 Å². The van der Waals surface area contributed by atoms with Crippen LogP contribution in [0.5, 0.6) is 11.6 Å². The first-order chi connectivity index (χ1) is 15.0. The zero-order valence-corrected chi connectivity index (χ0v) is 18.8. The minimum Gasteiger partial charge on any atom is -0.497 e. The summed E-state index contributed by atoms with van der Waals surface area (Å²) in [6.07, 6.45) is 2.53. The van der Waals surface area contributed by atoms with Crippen LogP contribution in [-0.4, -0.2) is 49.1 Å². The maximum atomic E-state index is 12.8. The summed E-state index contributed by atoms with van der Waals surface area (Å²) in [7, 11) is 1.63. The second kappa shape index (κ2) is 9.53. The first-order valence-corrected chi connectivity index (χ1v) is 11.3. The summed E-state index contributed by atoms with van der Waals surface area (Å²) >= 11 is 1.30. The number of nitrogens with one attached hydrogen (secondary N) is 1. The van der Waals surface area contributed by atoms with Crippen molar-refractivity contribution in [3.05, 3.63) is 46.3 Å². The van der Waals surface area contributed by atoms with Gasteiger partial charge in [-0.05, 0) is 56.1 Å². The average Bonchev–Trinajstić information content (AvgIpc) is 3.40. The highest BCUT2D eigenvalue weighted by molar-refractivity contribution is 7.21. The molecule has 0 unspecified atom stereocenters. The van der Waals surface area contributed by atoms with E-state index in [1.54, 1.807) is 7.11 Å². The number of fused-ring (bicyclic) bond motifs is 1. The van der Waals surface area contributed by atoms with E-state index in [0.717, 1.165) is 46.7 Å². The van der Waals surface area contributed by atoms with Crippen LogP contribution in [0, 0.1) is 6.92 Å². The highest BCUT2D eigenvalue weighted by atomic mass is 32.1. The third kappa shape index (κ3) is 4.91. The maximum absolute atomic E-state index is 12.8. The van der Waals surface area contributed by atoms with Crippen LogP contribution in [0.4, 0.5) is 5.69 Å². The van der Waals surface area contributed by atoms with Crippen molar-refractivity contribution in [2.75, 3.05) is 39.1 Å². The third-order valence-electron chi connectivity index (χ3n) is 5.55. The minimum absolute atomic E-state index is 0.202. The number of hydrogen-bond donors (Lipinski definition) is 2.